The summed E-state index contributed by atoms with van der Waals surface area (Å²) in [7, 11) is -0.422. The fraction of sp³-hybridized carbons (Fsp3) is 0.564. The number of aryl methyl sites for hydroxylation is 1. The zero-order valence-corrected chi connectivity index (χ0v) is 32.0. The van der Waals surface area contributed by atoms with Crippen LogP contribution in [0, 0.1) is 17.0 Å². The zero-order valence-electron chi connectivity index (χ0n) is 31.0. The Hall–Kier alpha value is -3.45. The number of anilines is 1. The first-order valence-electron chi connectivity index (χ1n) is 18.2. The lowest BCUT2D eigenvalue weighted by Crippen LogP contribution is -2.56. The fourth-order valence-electron chi connectivity index (χ4n) is 7.01. The molecule has 1 atom stereocenters. The van der Waals surface area contributed by atoms with Crippen molar-refractivity contribution in [2.24, 2.45) is 5.41 Å². The third-order valence-electron chi connectivity index (χ3n) is 11.6. The van der Waals surface area contributed by atoms with Gasteiger partial charge in [0.15, 0.2) is 20.9 Å². The Balaban J connectivity index is 1.31. The monoisotopic (exact) mass is 720 g/mol. The number of fused-ring (bicyclic) bond motifs is 2. The predicted octanol–water partition coefficient (Wildman–Crippen LogP) is 8.61. The van der Waals surface area contributed by atoms with Crippen molar-refractivity contribution in [1.29, 1.82) is 0 Å². The summed E-state index contributed by atoms with van der Waals surface area (Å²) in [6.45, 7) is 16.2. The third-order valence-corrected chi connectivity index (χ3v) is 16.0. The molecule has 12 heteroatoms. The maximum absolute atomic E-state index is 17.2. The molecule has 0 radical (unpaired) electrons. The number of methoxy groups -OCH3 is 1. The quantitative estimate of drug-likeness (QED) is 0.105. The minimum Gasteiger partial charge on any atom is -0.468 e. The lowest BCUT2D eigenvalue weighted by Gasteiger charge is -2.48. The van der Waals surface area contributed by atoms with E-state index in [1.807, 2.05) is 6.92 Å². The lowest BCUT2D eigenvalue weighted by molar-refractivity contribution is -0.151. The number of pyridine rings is 1. The molecule has 2 aromatic carbocycles. The highest BCUT2D eigenvalue weighted by Crippen LogP contribution is 2.48. The summed E-state index contributed by atoms with van der Waals surface area (Å²) in [5, 5.41) is 1.88. The molecule has 0 amide bonds. The van der Waals surface area contributed by atoms with Crippen LogP contribution in [-0.2, 0) is 20.3 Å². The highest BCUT2D eigenvalue weighted by molar-refractivity contribution is 6.74. The summed E-state index contributed by atoms with van der Waals surface area (Å²) >= 11 is 0. The first-order valence-corrected chi connectivity index (χ1v) is 21.1. The normalized spacial score (nSPS) is 20.2. The van der Waals surface area contributed by atoms with Crippen molar-refractivity contribution in [2.75, 3.05) is 51.7 Å². The summed E-state index contributed by atoms with van der Waals surface area (Å²) in [6.07, 6.45) is 6.90. The maximum atomic E-state index is 17.2. The Morgan fingerprint density at radius 1 is 1.02 bits per heavy atom. The van der Waals surface area contributed by atoms with Crippen molar-refractivity contribution in [3.05, 3.63) is 47.7 Å². The Bertz CT molecular complexity index is 1940. The number of aromatic nitrogens is 3. The van der Waals surface area contributed by atoms with Gasteiger partial charge in [0.05, 0.1) is 24.2 Å². The van der Waals surface area contributed by atoms with Crippen molar-refractivity contribution >= 4 is 35.8 Å². The summed E-state index contributed by atoms with van der Waals surface area (Å²) in [5.41, 5.74) is 0.698. The number of ether oxygens (including phenoxy) is 4. The molecule has 1 spiro atoms. The minimum absolute atomic E-state index is 0.00114. The van der Waals surface area contributed by atoms with Gasteiger partial charge in [-0.05, 0) is 84.8 Å². The largest absolute Gasteiger partial charge is 0.468 e. The molecule has 2 saturated heterocycles. The second-order valence-corrected chi connectivity index (χ2v) is 21.0. The maximum Gasteiger partial charge on any atom is 0.319 e. The van der Waals surface area contributed by atoms with E-state index in [2.05, 4.69) is 38.8 Å². The summed E-state index contributed by atoms with van der Waals surface area (Å²) in [6, 6.07) is 6.72. The van der Waals surface area contributed by atoms with Crippen LogP contribution in [0.2, 0.25) is 18.1 Å². The first-order chi connectivity index (χ1) is 24.3. The lowest BCUT2D eigenvalue weighted by atomic mass is 9.86. The average Bonchev–Trinajstić information content (AvgIpc) is 3.88. The van der Waals surface area contributed by atoms with Crippen LogP contribution in [0.4, 0.5) is 14.6 Å². The van der Waals surface area contributed by atoms with E-state index >= 15 is 8.78 Å². The molecule has 1 aliphatic carbocycles. The van der Waals surface area contributed by atoms with Gasteiger partial charge in [0.2, 0.25) is 0 Å². The van der Waals surface area contributed by atoms with Crippen LogP contribution in [0.3, 0.4) is 0 Å². The van der Waals surface area contributed by atoms with Gasteiger partial charge in [-0.25, -0.2) is 8.78 Å². The van der Waals surface area contributed by atoms with Gasteiger partial charge in [-0.1, -0.05) is 33.8 Å². The second-order valence-electron chi connectivity index (χ2n) is 16.2. The molecule has 1 saturated carbocycles. The molecular weight excluding hydrogens is 671 g/mol. The van der Waals surface area contributed by atoms with Gasteiger partial charge < -0.3 is 28.3 Å². The van der Waals surface area contributed by atoms with Gasteiger partial charge in [0.25, 0.3) is 0 Å². The summed E-state index contributed by atoms with van der Waals surface area (Å²) < 4.78 is 62.4. The van der Waals surface area contributed by atoms with Crippen molar-refractivity contribution in [2.45, 2.75) is 90.0 Å². The van der Waals surface area contributed by atoms with Crippen LogP contribution in [0.15, 0.2) is 30.5 Å². The van der Waals surface area contributed by atoms with E-state index in [0.29, 0.717) is 65.0 Å². The van der Waals surface area contributed by atoms with E-state index in [0.717, 1.165) is 45.3 Å². The van der Waals surface area contributed by atoms with Crippen molar-refractivity contribution in [1.82, 2.24) is 15.0 Å². The molecule has 51 heavy (non-hydrogen) atoms. The topological polar surface area (TPSA) is 88.1 Å². The van der Waals surface area contributed by atoms with E-state index in [1.165, 1.54) is 13.2 Å². The van der Waals surface area contributed by atoms with Gasteiger partial charge >= 0.3 is 6.01 Å². The fourth-order valence-corrected chi connectivity index (χ4v) is 8.11. The van der Waals surface area contributed by atoms with E-state index in [1.54, 1.807) is 24.4 Å². The molecule has 9 nitrogen and oxygen atoms in total. The Morgan fingerprint density at radius 3 is 2.47 bits per heavy atom. The predicted molar refractivity (Wildman–Crippen MR) is 197 cm³/mol. The molecule has 2 aliphatic heterocycles. The molecule has 7 rings (SSSR count). The van der Waals surface area contributed by atoms with Crippen LogP contribution >= 0.6 is 0 Å². The number of rotatable bonds is 12. The molecule has 4 heterocycles. The molecule has 0 N–H and O–H groups in total. The van der Waals surface area contributed by atoms with Crippen LogP contribution in [0.5, 0.6) is 11.8 Å². The van der Waals surface area contributed by atoms with E-state index in [4.69, 9.17) is 38.3 Å². The van der Waals surface area contributed by atoms with Crippen LogP contribution < -0.4 is 14.4 Å². The standard InChI is InChI=1S/C39H50F2N4O5Si/c1-8-27-30(40)11-10-25-18-26(48-24-46-5)19-28(31(25)27)33-32(41)34-29(20-42-33)35(45-16-9-12-39(21-45)15-17-49-39)44-36(43-34)47-22-38(13-14-38)23-50-51(6,7)37(2,3)4/h10-11,18-20H,8-9,12-17,21-24H2,1-7H3/t39-/m1/s1. The second kappa shape index (κ2) is 13.5. The molecule has 0 bridgehead atoms. The summed E-state index contributed by atoms with van der Waals surface area (Å²) in [4.78, 5) is 16.5. The Kier molecular flexibility index (Phi) is 9.52. The highest BCUT2D eigenvalue weighted by atomic mass is 28.4. The molecule has 3 fully saturated rings. The molecule has 3 aliphatic rings. The number of halogens is 2. The van der Waals surface area contributed by atoms with Gasteiger partial charge in [0.1, 0.15) is 28.6 Å². The van der Waals surface area contributed by atoms with Crippen LogP contribution in [-0.4, -0.2) is 75.7 Å². The SMILES string of the molecule is CCc1c(F)ccc2cc(OCOC)cc(-c3ncc4c(N5CCC[C@@]6(CCO6)C5)nc(OCC5(CO[Si](C)(C)C(C)(C)C)CC5)nc4c3F)c12. The number of piperidine rings is 1. The van der Waals surface area contributed by atoms with Gasteiger partial charge in [0, 0.05) is 50.4 Å². The average molecular weight is 721 g/mol. The Labute approximate surface area is 300 Å². The van der Waals surface area contributed by atoms with Gasteiger partial charge in [-0.2, -0.15) is 9.97 Å². The first kappa shape index (κ1) is 35.9. The molecule has 0 unspecified atom stereocenters. The van der Waals surface area contributed by atoms with Gasteiger partial charge in [-0.15, -0.1) is 0 Å². The number of benzene rings is 2. The highest BCUT2D eigenvalue weighted by Gasteiger charge is 2.48. The molecule has 274 valence electrons. The minimum atomic E-state index is -1.95. The molecule has 4 aromatic rings. The molecular formula is C39H50F2N4O5Si. The zero-order chi connectivity index (χ0) is 36.2. The van der Waals surface area contributed by atoms with Crippen LogP contribution in [0.25, 0.3) is 32.9 Å². The Morgan fingerprint density at radius 2 is 1.80 bits per heavy atom. The van der Waals surface area contributed by atoms with E-state index < -0.39 is 14.1 Å². The van der Waals surface area contributed by atoms with E-state index in [-0.39, 0.29) is 45.9 Å². The number of hydrogen-bond donors (Lipinski definition) is 0. The number of hydrogen-bond acceptors (Lipinski definition) is 9. The summed E-state index contributed by atoms with van der Waals surface area (Å²) in [5.74, 6) is 0.0382. The van der Waals surface area contributed by atoms with Crippen molar-refractivity contribution < 1.29 is 32.2 Å². The molecule has 2 aromatic heterocycles. The van der Waals surface area contributed by atoms with Crippen molar-refractivity contribution in [3.8, 4) is 23.0 Å². The van der Waals surface area contributed by atoms with Gasteiger partial charge in [-0.3, -0.25) is 4.98 Å². The van der Waals surface area contributed by atoms with Crippen molar-refractivity contribution in [3.63, 3.8) is 0 Å². The number of nitrogens with zero attached hydrogens (tertiary/aromatic N) is 4. The van der Waals surface area contributed by atoms with E-state index in [9.17, 15) is 0 Å². The smallest absolute Gasteiger partial charge is 0.319 e. The van der Waals surface area contributed by atoms with Crippen LogP contribution in [0.1, 0.15) is 65.4 Å². The third kappa shape index (κ3) is 6.92.